The molecule has 76 valence electrons. The summed E-state index contributed by atoms with van der Waals surface area (Å²) in [6.07, 6.45) is 0.583. The van der Waals surface area contributed by atoms with Crippen molar-refractivity contribution in [3.63, 3.8) is 0 Å². The summed E-state index contributed by atoms with van der Waals surface area (Å²) in [7, 11) is 0. The van der Waals surface area contributed by atoms with Gasteiger partial charge in [0.05, 0.1) is 12.8 Å². The van der Waals surface area contributed by atoms with Crippen molar-refractivity contribution < 1.29 is 27.5 Å². The van der Waals surface area contributed by atoms with Crippen LogP contribution >= 0.6 is 0 Å². The van der Waals surface area contributed by atoms with Crippen molar-refractivity contribution in [3.8, 4) is 0 Å². The largest absolute Gasteiger partial charge is 0.434 e. The lowest BCUT2D eigenvalue weighted by Gasteiger charge is -2.13. The second kappa shape index (κ2) is 5.49. The van der Waals surface area contributed by atoms with Crippen LogP contribution in [0.4, 0.5) is 17.9 Å². The van der Waals surface area contributed by atoms with E-state index in [0.29, 0.717) is 6.26 Å². The number of hydrogen-bond acceptors (Lipinski definition) is 4. The Morgan fingerprint density at radius 3 is 2.31 bits per heavy atom. The van der Waals surface area contributed by atoms with Gasteiger partial charge in [-0.15, -0.1) is 17.9 Å². The van der Waals surface area contributed by atoms with Crippen LogP contribution in [0.15, 0.2) is 12.8 Å². The van der Waals surface area contributed by atoms with Crippen molar-refractivity contribution in [1.29, 1.82) is 0 Å². The number of carbonyl (C=O) groups excluding carboxylic acids is 1. The maximum absolute atomic E-state index is 11.8. The van der Waals surface area contributed by atoms with E-state index < -0.39 is 29.2 Å². The molecule has 0 aliphatic carbocycles. The highest BCUT2D eigenvalue weighted by Gasteiger charge is 2.31. The molecule has 4 nitrogen and oxygen atoms in total. The predicted molar refractivity (Wildman–Crippen MR) is 33.1 cm³/mol. The summed E-state index contributed by atoms with van der Waals surface area (Å²) in [4.78, 5) is 10.5. The number of esters is 1. The fourth-order valence-corrected chi connectivity index (χ4v) is 0.507. The molecule has 0 spiro atoms. The zero-order chi connectivity index (χ0) is 10.4. The zero-order valence-electron chi connectivity index (χ0n) is 6.29. The van der Waals surface area contributed by atoms with E-state index >= 15 is 0 Å². The molecule has 13 heavy (non-hydrogen) atoms. The van der Waals surface area contributed by atoms with Crippen LogP contribution in [0.5, 0.6) is 0 Å². The molecule has 1 atom stereocenters. The minimum absolute atomic E-state index is 0.583. The summed E-state index contributed by atoms with van der Waals surface area (Å²) in [5.74, 6) is -1.50. The topological polar surface area (TPSA) is 32.8 Å². The molecule has 1 unspecified atom stereocenters. The van der Waals surface area contributed by atoms with Crippen LogP contribution in [0.2, 0.25) is 0 Å². The SMILES string of the molecule is C=COC(=O)C(CN(F)F)N(F)F. The molecule has 8 heteroatoms. The van der Waals surface area contributed by atoms with Gasteiger partial charge in [-0.3, -0.25) is 0 Å². The second-order valence-electron chi connectivity index (χ2n) is 1.86. The van der Waals surface area contributed by atoms with Gasteiger partial charge in [-0.2, -0.15) is 0 Å². The Kier molecular flexibility index (Phi) is 5.00. The van der Waals surface area contributed by atoms with Crippen LogP contribution in [0.25, 0.3) is 0 Å². The Morgan fingerprint density at radius 1 is 1.46 bits per heavy atom. The van der Waals surface area contributed by atoms with Crippen molar-refractivity contribution in [1.82, 2.24) is 10.7 Å². The van der Waals surface area contributed by atoms with E-state index in [9.17, 15) is 22.7 Å². The molecule has 0 aliphatic rings. The number of nitrogens with zero attached hydrogens (tertiary/aromatic N) is 2. The summed E-state index contributed by atoms with van der Waals surface area (Å²) >= 11 is 0. The van der Waals surface area contributed by atoms with E-state index in [4.69, 9.17) is 0 Å². The van der Waals surface area contributed by atoms with E-state index in [1.807, 2.05) is 0 Å². The van der Waals surface area contributed by atoms with Crippen LogP contribution in [0.1, 0.15) is 0 Å². The van der Waals surface area contributed by atoms with Crippen molar-refractivity contribution in [2.24, 2.45) is 0 Å². The smallest absolute Gasteiger partial charge is 0.335 e. The third-order valence-corrected chi connectivity index (χ3v) is 1.02. The molecule has 0 heterocycles. The molecule has 0 fully saturated rings. The minimum atomic E-state index is -2.33. The highest BCUT2D eigenvalue weighted by atomic mass is 19.4. The summed E-state index contributed by atoms with van der Waals surface area (Å²) in [5.41, 5.74) is 0. The molecule has 0 N–H and O–H groups in total. The quantitative estimate of drug-likeness (QED) is 0.290. The van der Waals surface area contributed by atoms with Crippen molar-refractivity contribution >= 4 is 5.97 Å². The van der Waals surface area contributed by atoms with Crippen LogP contribution < -0.4 is 0 Å². The first-order valence-electron chi connectivity index (χ1n) is 3.00. The highest BCUT2D eigenvalue weighted by molar-refractivity contribution is 5.76. The molecule has 0 amide bonds. The van der Waals surface area contributed by atoms with Crippen molar-refractivity contribution in [2.45, 2.75) is 6.04 Å². The van der Waals surface area contributed by atoms with E-state index in [1.165, 1.54) is 0 Å². The number of rotatable bonds is 5. The molecule has 0 saturated carbocycles. The van der Waals surface area contributed by atoms with E-state index in [-0.39, 0.29) is 0 Å². The van der Waals surface area contributed by atoms with Crippen LogP contribution in [0, 0.1) is 0 Å². The Bertz CT molecular complexity index is 187. The summed E-state index contributed by atoms with van der Waals surface area (Å²) < 4.78 is 50.4. The lowest BCUT2D eigenvalue weighted by molar-refractivity contribution is -0.233. The second-order valence-corrected chi connectivity index (χ2v) is 1.86. The summed E-state index contributed by atoms with van der Waals surface area (Å²) in [6, 6.07) is -2.33. The minimum Gasteiger partial charge on any atom is -0.434 e. The molecule has 0 bridgehead atoms. The standard InChI is InChI=1S/C5H6F4N2O2/c1-2-13-5(12)4(11(8)9)3-10(6)7/h2,4H,1,3H2. The highest BCUT2D eigenvalue weighted by Crippen LogP contribution is 2.07. The fraction of sp³-hybridized carbons (Fsp3) is 0.400. The zero-order valence-corrected chi connectivity index (χ0v) is 6.29. The monoisotopic (exact) mass is 202 g/mol. The molecular weight excluding hydrogens is 196 g/mol. The molecular formula is C5H6F4N2O2. The Balaban J connectivity index is 4.23. The third kappa shape index (κ3) is 4.43. The van der Waals surface area contributed by atoms with E-state index in [2.05, 4.69) is 11.3 Å². The first kappa shape index (κ1) is 11.8. The lowest BCUT2D eigenvalue weighted by Crippen LogP contribution is -2.38. The van der Waals surface area contributed by atoms with E-state index in [0.717, 1.165) is 0 Å². The first-order valence-corrected chi connectivity index (χ1v) is 3.00. The van der Waals surface area contributed by atoms with Crippen LogP contribution in [-0.2, 0) is 9.53 Å². The Hall–Kier alpha value is -1.15. The maximum atomic E-state index is 11.8. The lowest BCUT2D eigenvalue weighted by atomic mass is 10.3. The molecule has 0 radical (unpaired) electrons. The molecule has 0 saturated heterocycles. The van der Waals surface area contributed by atoms with Crippen molar-refractivity contribution in [3.05, 3.63) is 12.8 Å². The van der Waals surface area contributed by atoms with Gasteiger partial charge in [0.25, 0.3) is 0 Å². The molecule has 0 aromatic rings. The number of halogens is 4. The van der Waals surface area contributed by atoms with Gasteiger partial charge in [-0.1, -0.05) is 6.58 Å². The van der Waals surface area contributed by atoms with Gasteiger partial charge in [0.2, 0.25) is 0 Å². The average molecular weight is 202 g/mol. The van der Waals surface area contributed by atoms with Crippen LogP contribution in [0.3, 0.4) is 0 Å². The van der Waals surface area contributed by atoms with E-state index in [1.54, 1.807) is 0 Å². The molecule has 0 aliphatic heterocycles. The summed E-state index contributed by atoms with van der Waals surface area (Å²) in [6.45, 7) is 1.47. The summed E-state index contributed by atoms with van der Waals surface area (Å²) in [5, 5.41) is -3.20. The van der Waals surface area contributed by atoms with Gasteiger partial charge in [0, 0.05) is 10.7 Å². The third-order valence-electron chi connectivity index (χ3n) is 1.02. The van der Waals surface area contributed by atoms with Gasteiger partial charge in [-0.05, 0) is 0 Å². The van der Waals surface area contributed by atoms with Crippen molar-refractivity contribution in [2.75, 3.05) is 6.54 Å². The fourth-order valence-electron chi connectivity index (χ4n) is 0.507. The number of carbonyl (C=O) groups is 1. The van der Waals surface area contributed by atoms with Gasteiger partial charge in [0.1, 0.15) is 0 Å². The van der Waals surface area contributed by atoms with Gasteiger partial charge in [-0.25, -0.2) is 4.79 Å². The normalized spacial score (nSPS) is 13.1. The first-order chi connectivity index (χ1) is 5.99. The molecule has 0 aromatic heterocycles. The van der Waals surface area contributed by atoms with Gasteiger partial charge in [0.15, 0.2) is 6.04 Å². The van der Waals surface area contributed by atoms with Crippen LogP contribution in [-0.4, -0.2) is 29.2 Å². The predicted octanol–water partition coefficient (Wildman–Crippen LogP) is 1.18. The molecule has 0 aromatic carbocycles. The van der Waals surface area contributed by atoms with Gasteiger partial charge >= 0.3 is 5.97 Å². The van der Waals surface area contributed by atoms with Gasteiger partial charge < -0.3 is 4.74 Å². The average Bonchev–Trinajstić information content (AvgIpc) is 1.99. The maximum Gasteiger partial charge on any atom is 0.335 e. The number of ether oxygens (including phenoxy) is 1. The number of hydrogen-bond donors (Lipinski definition) is 0. The Labute approximate surface area is 70.7 Å². The molecule has 0 rings (SSSR count). The Morgan fingerprint density at radius 2 is 2.00 bits per heavy atom.